The molecule has 1 aliphatic heterocycles. The van der Waals surface area contributed by atoms with Crippen LogP contribution in [0.15, 0.2) is 60.7 Å². The van der Waals surface area contributed by atoms with Gasteiger partial charge in [0.25, 0.3) is 0 Å². The Hall–Kier alpha value is -2.66. The first-order valence-electron chi connectivity index (χ1n) is 10.1. The summed E-state index contributed by atoms with van der Waals surface area (Å²) in [7, 11) is 0. The number of hydrogen-bond donors (Lipinski definition) is 1. The molecule has 2 aromatic carbocycles. The van der Waals surface area contributed by atoms with E-state index in [-0.39, 0.29) is 23.7 Å². The summed E-state index contributed by atoms with van der Waals surface area (Å²) in [6, 6.07) is 19.1. The van der Waals surface area contributed by atoms with E-state index in [0.717, 1.165) is 11.1 Å². The predicted molar refractivity (Wildman–Crippen MR) is 113 cm³/mol. The Morgan fingerprint density at radius 1 is 1.00 bits per heavy atom. The molecule has 0 unspecified atom stereocenters. The fraction of sp³-hybridized carbons (Fsp3) is 0.417. The summed E-state index contributed by atoms with van der Waals surface area (Å²) in [5.74, 6) is -0.817. The topological polar surface area (TPSA) is 58.6 Å². The van der Waals surface area contributed by atoms with Gasteiger partial charge in [0, 0.05) is 5.92 Å². The lowest BCUT2D eigenvalue weighted by Gasteiger charge is -2.42. The van der Waals surface area contributed by atoms with Gasteiger partial charge in [-0.15, -0.1) is 0 Å². The first-order chi connectivity index (χ1) is 13.7. The lowest BCUT2D eigenvalue weighted by molar-refractivity contribution is -0.169. The van der Waals surface area contributed by atoms with Crippen LogP contribution in [-0.4, -0.2) is 28.5 Å². The summed E-state index contributed by atoms with van der Waals surface area (Å²) >= 11 is 0. The largest absolute Gasteiger partial charge is 0.459 e. The first-order valence-corrected chi connectivity index (χ1v) is 10.1. The van der Waals surface area contributed by atoms with Crippen molar-refractivity contribution in [1.82, 2.24) is 10.4 Å². The van der Waals surface area contributed by atoms with Crippen LogP contribution in [-0.2, 0) is 27.3 Å². The number of carbonyl (C=O) groups is 2. The van der Waals surface area contributed by atoms with Gasteiger partial charge < -0.3 is 4.74 Å². The fourth-order valence-electron chi connectivity index (χ4n) is 3.67. The average molecular weight is 395 g/mol. The molecule has 0 bridgehead atoms. The second-order valence-corrected chi connectivity index (χ2v) is 8.71. The van der Waals surface area contributed by atoms with E-state index in [1.807, 2.05) is 88.4 Å². The minimum Gasteiger partial charge on any atom is -0.459 e. The van der Waals surface area contributed by atoms with Crippen molar-refractivity contribution in [2.45, 2.75) is 52.3 Å². The van der Waals surface area contributed by atoms with Crippen LogP contribution in [0.5, 0.6) is 0 Å². The minimum absolute atomic E-state index is 0.00464. The standard InChI is InChI=1S/C24H30N2O3/c1-17-20(15-18-11-7-5-8-12-18)22(27)26(16-19-13-9-6-10-14-19)25-21(17)23(28)29-24(2,3)4/h5-14,17,20-21,25H,15-16H2,1-4H3/t17-,20-,21+/m1/s1. The number of nitrogens with one attached hydrogen (secondary N) is 1. The third-order valence-electron chi connectivity index (χ3n) is 5.18. The number of esters is 1. The van der Waals surface area contributed by atoms with Crippen LogP contribution in [0.1, 0.15) is 38.8 Å². The molecule has 1 saturated heterocycles. The predicted octanol–water partition coefficient (Wildman–Crippen LogP) is 3.74. The van der Waals surface area contributed by atoms with Gasteiger partial charge in [-0.05, 0) is 44.2 Å². The van der Waals surface area contributed by atoms with E-state index < -0.39 is 11.6 Å². The van der Waals surface area contributed by atoms with E-state index in [1.54, 1.807) is 5.01 Å². The Bertz CT molecular complexity index is 830. The summed E-state index contributed by atoms with van der Waals surface area (Å²) in [6.07, 6.45) is 0.590. The van der Waals surface area contributed by atoms with Crippen LogP contribution in [0, 0.1) is 11.8 Å². The summed E-state index contributed by atoms with van der Waals surface area (Å²) < 4.78 is 5.64. The van der Waals surface area contributed by atoms with E-state index in [9.17, 15) is 9.59 Å². The van der Waals surface area contributed by atoms with Gasteiger partial charge in [-0.2, -0.15) is 0 Å². The number of nitrogens with zero attached hydrogens (tertiary/aromatic N) is 1. The molecular formula is C24H30N2O3. The third-order valence-corrected chi connectivity index (χ3v) is 5.18. The van der Waals surface area contributed by atoms with Crippen LogP contribution in [0.4, 0.5) is 0 Å². The molecule has 154 valence electrons. The van der Waals surface area contributed by atoms with Crippen molar-refractivity contribution >= 4 is 11.9 Å². The highest BCUT2D eigenvalue weighted by molar-refractivity contribution is 5.84. The van der Waals surface area contributed by atoms with Crippen molar-refractivity contribution in [2.24, 2.45) is 11.8 Å². The Morgan fingerprint density at radius 3 is 2.10 bits per heavy atom. The summed E-state index contributed by atoms with van der Waals surface area (Å²) in [4.78, 5) is 26.2. The van der Waals surface area contributed by atoms with Gasteiger partial charge in [0.1, 0.15) is 11.6 Å². The van der Waals surface area contributed by atoms with E-state index in [2.05, 4.69) is 5.43 Å². The van der Waals surface area contributed by atoms with E-state index in [0.29, 0.717) is 13.0 Å². The zero-order chi connectivity index (χ0) is 21.0. The van der Waals surface area contributed by atoms with Gasteiger partial charge in [0.2, 0.25) is 5.91 Å². The average Bonchev–Trinajstić information content (AvgIpc) is 2.67. The van der Waals surface area contributed by atoms with Crippen LogP contribution in [0.3, 0.4) is 0 Å². The van der Waals surface area contributed by atoms with Crippen molar-refractivity contribution < 1.29 is 14.3 Å². The molecule has 0 spiro atoms. The molecule has 2 aromatic rings. The normalized spacial score (nSPS) is 22.4. The quantitative estimate of drug-likeness (QED) is 0.785. The Kier molecular flexibility index (Phi) is 6.38. The highest BCUT2D eigenvalue weighted by atomic mass is 16.6. The first kappa shape index (κ1) is 21.1. The van der Waals surface area contributed by atoms with Crippen molar-refractivity contribution in [2.75, 3.05) is 0 Å². The molecule has 0 aliphatic carbocycles. The molecule has 1 amide bonds. The zero-order valence-electron chi connectivity index (χ0n) is 17.6. The highest BCUT2D eigenvalue weighted by Gasteiger charge is 2.44. The van der Waals surface area contributed by atoms with Crippen LogP contribution in [0.2, 0.25) is 0 Å². The van der Waals surface area contributed by atoms with Gasteiger partial charge in [-0.25, -0.2) is 5.43 Å². The molecule has 3 rings (SSSR count). The molecule has 1 N–H and O–H groups in total. The molecule has 0 aromatic heterocycles. The van der Waals surface area contributed by atoms with Crippen LogP contribution in [0.25, 0.3) is 0 Å². The molecular weight excluding hydrogens is 364 g/mol. The Morgan fingerprint density at radius 2 is 1.55 bits per heavy atom. The number of amides is 1. The summed E-state index contributed by atoms with van der Waals surface area (Å²) in [5, 5.41) is 1.58. The van der Waals surface area contributed by atoms with Gasteiger partial charge in [0.05, 0.1) is 6.54 Å². The van der Waals surface area contributed by atoms with Gasteiger partial charge in [0.15, 0.2) is 0 Å². The fourth-order valence-corrected chi connectivity index (χ4v) is 3.67. The van der Waals surface area contributed by atoms with Crippen molar-refractivity contribution in [3.05, 3.63) is 71.8 Å². The molecule has 1 fully saturated rings. The SMILES string of the molecule is C[C@H]1[C@@H](C(=O)OC(C)(C)C)NN(Cc2ccccc2)C(=O)[C@@H]1Cc1ccccc1. The molecule has 5 nitrogen and oxygen atoms in total. The second kappa shape index (κ2) is 8.78. The molecule has 0 radical (unpaired) electrons. The molecule has 29 heavy (non-hydrogen) atoms. The number of rotatable bonds is 5. The smallest absolute Gasteiger partial charge is 0.325 e. The lowest BCUT2D eigenvalue weighted by atomic mass is 9.81. The number of ether oxygens (including phenoxy) is 1. The number of carbonyl (C=O) groups excluding carboxylic acids is 2. The number of benzene rings is 2. The van der Waals surface area contributed by atoms with Crippen molar-refractivity contribution in [1.29, 1.82) is 0 Å². The molecule has 1 aliphatic rings. The molecule has 3 atom stereocenters. The second-order valence-electron chi connectivity index (χ2n) is 8.71. The Labute approximate surface area is 173 Å². The highest BCUT2D eigenvalue weighted by Crippen LogP contribution is 2.29. The van der Waals surface area contributed by atoms with Gasteiger partial charge >= 0.3 is 5.97 Å². The maximum Gasteiger partial charge on any atom is 0.325 e. The van der Waals surface area contributed by atoms with E-state index in [1.165, 1.54) is 0 Å². The minimum atomic E-state index is -0.584. The van der Waals surface area contributed by atoms with Gasteiger partial charge in [-0.3, -0.25) is 14.6 Å². The maximum atomic E-state index is 13.3. The van der Waals surface area contributed by atoms with Gasteiger partial charge in [-0.1, -0.05) is 67.6 Å². The number of hydrazine groups is 1. The van der Waals surface area contributed by atoms with E-state index >= 15 is 0 Å². The number of hydrogen-bond acceptors (Lipinski definition) is 4. The third kappa shape index (κ3) is 5.45. The van der Waals surface area contributed by atoms with Crippen molar-refractivity contribution in [3.8, 4) is 0 Å². The molecule has 0 saturated carbocycles. The maximum absolute atomic E-state index is 13.3. The molecule has 5 heteroatoms. The summed E-state index contributed by atoms with van der Waals surface area (Å²) in [6.45, 7) is 7.91. The molecule has 1 heterocycles. The summed E-state index contributed by atoms with van der Waals surface area (Å²) in [5.41, 5.74) is 4.65. The lowest BCUT2D eigenvalue weighted by Crippen LogP contribution is -2.63. The zero-order valence-corrected chi connectivity index (χ0v) is 17.6. The van der Waals surface area contributed by atoms with Crippen molar-refractivity contribution in [3.63, 3.8) is 0 Å². The van der Waals surface area contributed by atoms with Crippen LogP contribution < -0.4 is 5.43 Å². The Balaban J connectivity index is 1.86. The van der Waals surface area contributed by atoms with E-state index in [4.69, 9.17) is 4.74 Å². The van der Waals surface area contributed by atoms with Crippen LogP contribution >= 0.6 is 0 Å². The monoisotopic (exact) mass is 394 g/mol.